The summed E-state index contributed by atoms with van der Waals surface area (Å²) in [5.41, 5.74) is 0.489. The Morgan fingerprint density at radius 3 is 2.47 bits per heavy atom. The highest BCUT2D eigenvalue weighted by Gasteiger charge is 2.06. The van der Waals surface area contributed by atoms with Crippen LogP contribution in [0.2, 0.25) is 0 Å². The molecule has 0 atom stereocenters. The lowest BCUT2D eigenvalue weighted by Gasteiger charge is -2.08. The van der Waals surface area contributed by atoms with Crippen LogP contribution >= 0.6 is 22.6 Å². The highest BCUT2D eigenvalue weighted by Crippen LogP contribution is 2.01. The molecule has 0 aliphatic carbocycles. The summed E-state index contributed by atoms with van der Waals surface area (Å²) in [6.45, 7) is 0.476. The minimum Gasteiger partial charge on any atom is -0.295 e. The number of hydrogen-bond donors (Lipinski definition) is 0. The van der Waals surface area contributed by atoms with Crippen LogP contribution in [0, 0.1) is 3.57 Å². The summed E-state index contributed by atoms with van der Waals surface area (Å²) in [6, 6.07) is 9.67. The first-order chi connectivity index (χ1) is 8.09. The third-order valence-corrected chi connectivity index (χ3v) is 3.25. The molecule has 0 spiro atoms. The van der Waals surface area contributed by atoms with Gasteiger partial charge in [-0.2, -0.15) is 0 Å². The molecule has 0 unspecified atom stereocenters. The smallest absolute Gasteiger partial charge is 0.295 e. The summed E-state index contributed by atoms with van der Waals surface area (Å²) < 4.78 is 3.21. The third kappa shape index (κ3) is 2.49. The maximum Gasteiger partial charge on any atom is 0.331 e. The molecule has 2 aromatic rings. The van der Waals surface area contributed by atoms with Crippen LogP contribution in [0.1, 0.15) is 5.56 Å². The second-order valence-corrected chi connectivity index (χ2v) is 4.90. The zero-order valence-electron chi connectivity index (χ0n) is 9.26. The Balaban J connectivity index is 2.48. The molecule has 0 fully saturated rings. The van der Waals surface area contributed by atoms with Crippen molar-refractivity contribution in [1.29, 1.82) is 0 Å². The van der Waals surface area contributed by atoms with Crippen LogP contribution in [0.15, 0.2) is 46.1 Å². The summed E-state index contributed by atoms with van der Waals surface area (Å²) in [4.78, 5) is 23.4. The molecule has 1 aromatic heterocycles. The van der Waals surface area contributed by atoms with Gasteiger partial charge in [0.15, 0.2) is 0 Å². The fourth-order valence-electron chi connectivity index (χ4n) is 1.58. The van der Waals surface area contributed by atoms with Crippen molar-refractivity contribution in [3.05, 3.63) is 66.5 Å². The van der Waals surface area contributed by atoms with Gasteiger partial charge >= 0.3 is 5.69 Å². The van der Waals surface area contributed by atoms with E-state index in [1.54, 1.807) is 10.8 Å². The van der Waals surface area contributed by atoms with Gasteiger partial charge in [-0.3, -0.25) is 13.9 Å². The van der Waals surface area contributed by atoms with Crippen molar-refractivity contribution in [2.75, 3.05) is 0 Å². The van der Waals surface area contributed by atoms with Crippen LogP contribution in [0.4, 0.5) is 0 Å². The molecule has 0 radical (unpaired) electrons. The predicted molar refractivity (Wildman–Crippen MR) is 74.2 cm³/mol. The molecule has 5 heteroatoms. The SMILES string of the molecule is Cn1c(=O)c(I)cn(Cc2ccccc2)c1=O. The number of benzene rings is 1. The van der Waals surface area contributed by atoms with Gasteiger partial charge in [0.25, 0.3) is 5.56 Å². The van der Waals surface area contributed by atoms with Crippen LogP contribution in [-0.2, 0) is 13.6 Å². The Hall–Kier alpha value is -1.37. The van der Waals surface area contributed by atoms with E-state index in [0.717, 1.165) is 10.1 Å². The zero-order valence-corrected chi connectivity index (χ0v) is 11.4. The average molecular weight is 342 g/mol. The lowest BCUT2D eigenvalue weighted by Crippen LogP contribution is -2.39. The first kappa shape index (κ1) is 12.1. The second kappa shape index (κ2) is 4.87. The molecule has 0 saturated heterocycles. The highest BCUT2D eigenvalue weighted by atomic mass is 127. The van der Waals surface area contributed by atoms with Gasteiger partial charge in [0.2, 0.25) is 0 Å². The predicted octanol–water partition coefficient (Wildman–Crippen LogP) is 1.20. The van der Waals surface area contributed by atoms with E-state index >= 15 is 0 Å². The van der Waals surface area contributed by atoms with E-state index in [-0.39, 0.29) is 11.2 Å². The Kier molecular flexibility index (Phi) is 3.46. The summed E-state index contributed by atoms with van der Waals surface area (Å²) in [7, 11) is 1.49. The summed E-state index contributed by atoms with van der Waals surface area (Å²) >= 11 is 1.94. The molecule has 2 rings (SSSR count). The Bertz CT molecular complexity index is 644. The molecule has 0 aliphatic rings. The van der Waals surface area contributed by atoms with Gasteiger partial charge in [-0.15, -0.1) is 0 Å². The number of nitrogens with zero attached hydrogens (tertiary/aromatic N) is 2. The van der Waals surface area contributed by atoms with E-state index < -0.39 is 0 Å². The van der Waals surface area contributed by atoms with Crippen molar-refractivity contribution < 1.29 is 0 Å². The highest BCUT2D eigenvalue weighted by molar-refractivity contribution is 14.1. The molecule has 0 saturated carbocycles. The van der Waals surface area contributed by atoms with Crippen LogP contribution in [0.3, 0.4) is 0 Å². The molecule has 0 amide bonds. The van der Waals surface area contributed by atoms with Crippen molar-refractivity contribution in [2.45, 2.75) is 6.54 Å². The van der Waals surface area contributed by atoms with Gasteiger partial charge in [-0.1, -0.05) is 30.3 Å². The molecule has 4 nitrogen and oxygen atoms in total. The minimum absolute atomic E-state index is 0.250. The molecule has 17 heavy (non-hydrogen) atoms. The van der Waals surface area contributed by atoms with E-state index in [0.29, 0.717) is 10.1 Å². The first-order valence-electron chi connectivity index (χ1n) is 5.09. The molecular weight excluding hydrogens is 331 g/mol. The fraction of sp³-hybridized carbons (Fsp3) is 0.167. The molecule has 1 aromatic carbocycles. The van der Waals surface area contributed by atoms with Crippen molar-refractivity contribution in [2.24, 2.45) is 7.05 Å². The molecular formula is C12H11IN2O2. The topological polar surface area (TPSA) is 44.0 Å². The standard InChI is InChI=1S/C12H11IN2O2/c1-14-11(16)10(13)8-15(12(14)17)7-9-5-3-2-4-6-9/h2-6,8H,7H2,1H3. The lowest BCUT2D eigenvalue weighted by atomic mass is 10.2. The second-order valence-electron chi connectivity index (χ2n) is 3.74. The van der Waals surface area contributed by atoms with Crippen LogP contribution in [0.5, 0.6) is 0 Å². The molecule has 0 bridgehead atoms. The van der Waals surface area contributed by atoms with Crippen molar-refractivity contribution in [3.8, 4) is 0 Å². The van der Waals surface area contributed by atoms with E-state index in [1.165, 1.54) is 7.05 Å². The lowest BCUT2D eigenvalue weighted by molar-refractivity contribution is 0.640. The summed E-state index contributed by atoms with van der Waals surface area (Å²) in [5.74, 6) is 0. The average Bonchev–Trinajstić information content (AvgIpc) is 2.35. The van der Waals surface area contributed by atoms with Gasteiger partial charge in [0.05, 0.1) is 10.1 Å². The summed E-state index contributed by atoms with van der Waals surface area (Å²) in [6.07, 6.45) is 1.60. The number of rotatable bonds is 2. The maximum absolute atomic E-state index is 11.9. The number of halogens is 1. The van der Waals surface area contributed by atoms with E-state index in [1.807, 2.05) is 52.9 Å². The maximum atomic E-state index is 11.9. The largest absolute Gasteiger partial charge is 0.331 e. The van der Waals surface area contributed by atoms with Crippen LogP contribution < -0.4 is 11.2 Å². The quantitative estimate of drug-likeness (QED) is 0.770. The third-order valence-electron chi connectivity index (χ3n) is 2.51. The molecule has 1 heterocycles. The van der Waals surface area contributed by atoms with E-state index in [4.69, 9.17) is 0 Å². The van der Waals surface area contributed by atoms with Gasteiger partial charge in [-0.05, 0) is 28.2 Å². The Morgan fingerprint density at radius 2 is 1.82 bits per heavy atom. The van der Waals surface area contributed by atoms with E-state index in [2.05, 4.69) is 0 Å². The van der Waals surface area contributed by atoms with Crippen molar-refractivity contribution >= 4 is 22.6 Å². The first-order valence-corrected chi connectivity index (χ1v) is 6.17. The zero-order chi connectivity index (χ0) is 12.4. The normalized spacial score (nSPS) is 10.5. The molecule has 0 N–H and O–H groups in total. The minimum atomic E-state index is -0.292. The van der Waals surface area contributed by atoms with Gasteiger partial charge in [0.1, 0.15) is 0 Å². The summed E-state index contributed by atoms with van der Waals surface area (Å²) in [5, 5.41) is 0. The fourth-order valence-corrected chi connectivity index (χ4v) is 2.28. The Morgan fingerprint density at radius 1 is 1.18 bits per heavy atom. The van der Waals surface area contributed by atoms with Crippen molar-refractivity contribution in [3.63, 3.8) is 0 Å². The molecule has 88 valence electrons. The van der Waals surface area contributed by atoms with Gasteiger partial charge in [-0.25, -0.2) is 4.79 Å². The Labute approximate surface area is 112 Å². The van der Waals surface area contributed by atoms with E-state index in [9.17, 15) is 9.59 Å². The molecule has 0 aliphatic heterocycles. The van der Waals surface area contributed by atoms with Gasteiger partial charge in [0, 0.05) is 13.2 Å². The van der Waals surface area contributed by atoms with Crippen molar-refractivity contribution in [1.82, 2.24) is 9.13 Å². The number of aromatic nitrogens is 2. The number of hydrogen-bond acceptors (Lipinski definition) is 2. The van der Waals surface area contributed by atoms with Gasteiger partial charge < -0.3 is 0 Å². The van der Waals surface area contributed by atoms with Crippen LogP contribution in [0.25, 0.3) is 0 Å². The monoisotopic (exact) mass is 342 g/mol. The van der Waals surface area contributed by atoms with Crippen LogP contribution in [-0.4, -0.2) is 9.13 Å².